The summed E-state index contributed by atoms with van der Waals surface area (Å²) in [4.78, 5) is 14.8. The van der Waals surface area contributed by atoms with Gasteiger partial charge in [0.25, 0.3) is 0 Å². The lowest BCUT2D eigenvalue weighted by Gasteiger charge is -2.28. The van der Waals surface area contributed by atoms with Gasteiger partial charge in [0.05, 0.1) is 5.54 Å². The average molecular weight is 265 g/mol. The maximum atomic E-state index is 11.9. The van der Waals surface area contributed by atoms with Crippen LogP contribution < -0.4 is 0 Å². The molecule has 0 atom stereocenters. The molecule has 0 bridgehead atoms. The van der Waals surface area contributed by atoms with Crippen molar-refractivity contribution in [3.63, 3.8) is 0 Å². The summed E-state index contributed by atoms with van der Waals surface area (Å²) in [6.07, 6.45) is 3.82. The zero-order valence-corrected chi connectivity index (χ0v) is 11.9. The third-order valence-corrected chi connectivity index (χ3v) is 4.07. The lowest BCUT2D eigenvalue weighted by atomic mass is 10.0. The molecule has 1 aliphatic heterocycles. The molecule has 0 aromatic carbocycles. The Morgan fingerprint density at radius 3 is 2.89 bits per heavy atom. The van der Waals surface area contributed by atoms with Crippen molar-refractivity contribution in [2.45, 2.75) is 39.2 Å². The SMILES string of the molecule is CCCCN1C(=O)O/C(=C\c2cccs2)C1(C)C. The topological polar surface area (TPSA) is 29.5 Å². The van der Waals surface area contributed by atoms with E-state index in [9.17, 15) is 4.79 Å². The highest BCUT2D eigenvalue weighted by Crippen LogP contribution is 2.35. The molecule has 1 aliphatic rings. The summed E-state index contributed by atoms with van der Waals surface area (Å²) in [5.41, 5.74) is -0.351. The number of thiophene rings is 1. The van der Waals surface area contributed by atoms with E-state index in [0.29, 0.717) is 0 Å². The molecule has 18 heavy (non-hydrogen) atoms. The van der Waals surface area contributed by atoms with E-state index in [-0.39, 0.29) is 11.6 Å². The van der Waals surface area contributed by atoms with Crippen LogP contribution in [-0.4, -0.2) is 23.1 Å². The van der Waals surface area contributed by atoms with Crippen LogP contribution in [0, 0.1) is 0 Å². The van der Waals surface area contributed by atoms with Gasteiger partial charge in [-0.1, -0.05) is 19.4 Å². The van der Waals surface area contributed by atoms with E-state index in [1.165, 1.54) is 0 Å². The van der Waals surface area contributed by atoms with Crippen LogP contribution in [0.5, 0.6) is 0 Å². The second-order valence-electron chi connectivity index (χ2n) is 4.96. The normalized spacial score (nSPS) is 20.5. The van der Waals surface area contributed by atoms with E-state index in [2.05, 4.69) is 6.92 Å². The molecule has 0 aliphatic carbocycles. The Morgan fingerprint density at radius 1 is 1.50 bits per heavy atom. The maximum absolute atomic E-state index is 11.9. The largest absolute Gasteiger partial charge is 0.415 e. The van der Waals surface area contributed by atoms with Crippen LogP contribution in [0.25, 0.3) is 6.08 Å². The van der Waals surface area contributed by atoms with Gasteiger partial charge < -0.3 is 4.74 Å². The summed E-state index contributed by atoms with van der Waals surface area (Å²) in [6.45, 7) is 6.95. The van der Waals surface area contributed by atoms with Gasteiger partial charge in [0, 0.05) is 11.4 Å². The fraction of sp³-hybridized carbons (Fsp3) is 0.500. The second kappa shape index (κ2) is 5.14. The van der Waals surface area contributed by atoms with Gasteiger partial charge in [-0.2, -0.15) is 0 Å². The van der Waals surface area contributed by atoms with Gasteiger partial charge >= 0.3 is 6.09 Å². The number of ether oxygens (including phenoxy) is 1. The van der Waals surface area contributed by atoms with Gasteiger partial charge in [-0.25, -0.2) is 4.79 Å². The molecule has 1 aromatic heterocycles. The molecule has 1 aromatic rings. The Labute approximate surface area is 112 Å². The van der Waals surface area contributed by atoms with Crippen molar-refractivity contribution in [3.05, 3.63) is 28.1 Å². The van der Waals surface area contributed by atoms with Gasteiger partial charge in [0.2, 0.25) is 0 Å². The van der Waals surface area contributed by atoms with Crippen molar-refractivity contribution in [2.24, 2.45) is 0 Å². The number of hydrogen-bond acceptors (Lipinski definition) is 3. The van der Waals surface area contributed by atoms with Gasteiger partial charge in [-0.3, -0.25) is 4.90 Å². The van der Waals surface area contributed by atoms with E-state index in [0.717, 1.165) is 30.0 Å². The van der Waals surface area contributed by atoms with Crippen LogP contribution in [0.1, 0.15) is 38.5 Å². The molecular weight excluding hydrogens is 246 g/mol. The Bertz CT molecular complexity index is 448. The summed E-state index contributed by atoms with van der Waals surface area (Å²) in [7, 11) is 0. The first-order chi connectivity index (χ1) is 8.55. The number of unbranched alkanes of at least 4 members (excludes halogenated alkanes) is 1. The molecule has 0 spiro atoms. The molecule has 2 heterocycles. The number of carbonyl (C=O) groups is 1. The lowest BCUT2D eigenvalue weighted by molar-refractivity contribution is 0.156. The first-order valence-corrected chi connectivity index (χ1v) is 7.19. The first kappa shape index (κ1) is 13.1. The molecule has 0 radical (unpaired) electrons. The number of rotatable bonds is 4. The number of cyclic esters (lactones) is 1. The van der Waals surface area contributed by atoms with Crippen molar-refractivity contribution in [2.75, 3.05) is 6.54 Å². The maximum Gasteiger partial charge on any atom is 0.415 e. The van der Waals surface area contributed by atoms with Crippen LogP contribution in [0.15, 0.2) is 23.3 Å². The molecule has 1 saturated heterocycles. The van der Waals surface area contributed by atoms with Crippen molar-refractivity contribution in [3.8, 4) is 0 Å². The Hall–Kier alpha value is -1.29. The molecular formula is C14H19NO2S. The zero-order chi connectivity index (χ0) is 13.2. The van der Waals surface area contributed by atoms with Gasteiger partial charge in [0.1, 0.15) is 5.76 Å². The lowest BCUT2D eigenvalue weighted by Crippen LogP contribution is -2.41. The molecule has 2 rings (SSSR count). The fourth-order valence-electron chi connectivity index (χ4n) is 2.03. The number of amides is 1. The van der Waals surface area contributed by atoms with Crippen molar-refractivity contribution in [1.29, 1.82) is 0 Å². The molecule has 4 heteroatoms. The highest BCUT2D eigenvalue weighted by molar-refractivity contribution is 7.10. The predicted molar refractivity (Wildman–Crippen MR) is 74.5 cm³/mol. The molecule has 3 nitrogen and oxygen atoms in total. The molecule has 98 valence electrons. The van der Waals surface area contributed by atoms with Crippen molar-refractivity contribution >= 4 is 23.5 Å². The molecule has 0 N–H and O–H groups in total. The quantitative estimate of drug-likeness (QED) is 0.819. The number of carbonyl (C=O) groups excluding carboxylic acids is 1. The van der Waals surface area contributed by atoms with Gasteiger partial charge in [-0.05, 0) is 37.8 Å². The monoisotopic (exact) mass is 265 g/mol. The third kappa shape index (κ3) is 2.43. The standard InChI is InChI=1S/C14H19NO2S/c1-4-5-8-15-13(16)17-12(14(15,2)3)10-11-7-6-9-18-11/h6-7,9-10H,4-5,8H2,1-3H3/b12-10-. The second-order valence-corrected chi connectivity index (χ2v) is 5.94. The van der Waals surface area contributed by atoms with Crippen LogP contribution in [-0.2, 0) is 4.74 Å². The van der Waals surface area contributed by atoms with Crippen LogP contribution in [0.4, 0.5) is 4.79 Å². The smallest absolute Gasteiger partial charge is 0.412 e. The minimum Gasteiger partial charge on any atom is -0.412 e. The molecule has 1 amide bonds. The zero-order valence-electron chi connectivity index (χ0n) is 11.1. The molecule has 0 saturated carbocycles. The van der Waals surface area contributed by atoms with E-state index in [4.69, 9.17) is 4.74 Å². The first-order valence-electron chi connectivity index (χ1n) is 6.31. The Morgan fingerprint density at radius 2 is 2.28 bits per heavy atom. The molecule has 1 fully saturated rings. The van der Waals surface area contributed by atoms with E-state index in [1.807, 2.05) is 42.3 Å². The number of nitrogens with zero attached hydrogens (tertiary/aromatic N) is 1. The minimum atomic E-state index is -0.351. The van der Waals surface area contributed by atoms with Crippen molar-refractivity contribution < 1.29 is 9.53 Å². The van der Waals surface area contributed by atoms with E-state index in [1.54, 1.807) is 11.3 Å². The average Bonchev–Trinajstić information content (AvgIpc) is 2.87. The summed E-state index contributed by atoms with van der Waals surface area (Å²) < 4.78 is 5.41. The Kier molecular flexibility index (Phi) is 3.76. The van der Waals surface area contributed by atoms with E-state index < -0.39 is 0 Å². The third-order valence-electron chi connectivity index (χ3n) is 3.25. The summed E-state index contributed by atoms with van der Waals surface area (Å²) >= 11 is 1.64. The summed E-state index contributed by atoms with van der Waals surface area (Å²) in [5.74, 6) is 0.742. The highest BCUT2D eigenvalue weighted by atomic mass is 32.1. The highest BCUT2D eigenvalue weighted by Gasteiger charge is 2.44. The van der Waals surface area contributed by atoms with E-state index >= 15 is 0 Å². The van der Waals surface area contributed by atoms with Crippen LogP contribution in [0.2, 0.25) is 0 Å². The minimum absolute atomic E-state index is 0.226. The van der Waals surface area contributed by atoms with Gasteiger partial charge in [0.15, 0.2) is 0 Å². The predicted octanol–water partition coefficient (Wildman–Crippen LogP) is 4.12. The van der Waals surface area contributed by atoms with Crippen molar-refractivity contribution in [1.82, 2.24) is 4.90 Å². The fourth-order valence-corrected chi connectivity index (χ4v) is 2.68. The van der Waals surface area contributed by atoms with Crippen LogP contribution >= 0.6 is 11.3 Å². The van der Waals surface area contributed by atoms with Crippen LogP contribution in [0.3, 0.4) is 0 Å². The number of hydrogen-bond donors (Lipinski definition) is 0. The summed E-state index contributed by atoms with van der Waals surface area (Å²) in [5, 5.41) is 2.02. The summed E-state index contributed by atoms with van der Waals surface area (Å²) in [6, 6.07) is 4.02. The molecule has 0 unspecified atom stereocenters. The Balaban J connectivity index is 2.22. The van der Waals surface area contributed by atoms with Gasteiger partial charge in [-0.15, -0.1) is 11.3 Å².